The summed E-state index contributed by atoms with van der Waals surface area (Å²) in [5.74, 6) is 0. The van der Waals surface area contributed by atoms with Crippen molar-refractivity contribution >= 4 is 23.0 Å². The minimum absolute atomic E-state index is 0.567. The normalized spacial score (nSPS) is 11.1. The molecule has 0 saturated heterocycles. The van der Waals surface area contributed by atoms with Crippen molar-refractivity contribution in [2.24, 2.45) is 5.10 Å². The van der Waals surface area contributed by atoms with E-state index < -0.39 is 0 Å². The lowest BCUT2D eigenvalue weighted by atomic mass is 10.1. The maximum absolute atomic E-state index is 5.08. The molecule has 0 aliphatic heterocycles. The molecule has 3 nitrogen and oxygen atoms in total. The van der Waals surface area contributed by atoms with Crippen molar-refractivity contribution in [3.8, 4) is 0 Å². The van der Waals surface area contributed by atoms with Crippen LogP contribution in [0.4, 0.5) is 0 Å². The predicted octanol–water partition coefficient (Wildman–Crippen LogP) is 2.67. The summed E-state index contributed by atoms with van der Waals surface area (Å²) in [6, 6.07) is 10.2. The van der Waals surface area contributed by atoms with Crippen LogP contribution in [0.5, 0.6) is 0 Å². The summed E-state index contributed by atoms with van der Waals surface area (Å²) in [7, 11) is 0. The SMILES string of the molecule is CCC/C(=N/NC(=S)NCC)c1ccccc1. The third-order valence-electron chi connectivity index (χ3n) is 2.22. The van der Waals surface area contributed by atoms with Gasteiger partial charge in [-0.3, -0.25) is 5.43 Å². The zero-order chi connectivity index (χ0) is 12.5. The van der Waals surface area contributed by atoms with Gasteiger partial charge in [0, 0.05) is 6.54 Å². The number of benzene rings is 1. The van der Waals surface area contributed by atoms with Crippen molar-refractivity contribution in [3.63, 3.8) is 0 Å². The van der Waals surface area contributed by atoms with Crippen LogP contribution in [0.25, 0.3) is 0 Å². The standard InChI is InChI=1S/C13H19N3S/c1-3-8-12(11-9-6-5-7-10-11)15-16-13(17)14-4-2/h5-7,9-10H,3-4,8H2,1-2H3,(H2,14,16,17)/b15-12-. The van der Waals surface area contributed by atoms with Gasteiger partial charge in [0.1, 0.15) is 0 Å². The number of rotatable bonds is 5. The monoisotopic (exact) mass is 249 g/mol. The molecule has 0 aliphatic rings. The molecule has 0 saturated carbocycles. The van der Waals surface area contributed by atoms with E-state index in [9.17, 15) is 0 Å². The zero-order valence-electron chi connectivity index (χ0n) is 10.4. The van der Waals surface area contributed by atoms with Crippen molar-refractivity contribution in [3.05, 3.63) is 35.9 Å². The smallest absolute Gasteiger partial charge is 0.186 e. The number of hydrazone groups is 1. The Morgan fingerprint density at radius 3 is 2.53 bits per heavy atom. The van der Waals surface area contributed by atoms with Crippen LogP contribution in [0.3, 0.4) is 0 Å². The fourth-order valence-corrected chi connectivity index (χ4v) is 1.64. The Morgan fingerprint density at radius 1 is 1.24 bits per heavy atom. The Hall–Kier alpha value is -1.42. The Morgan fingerprint density at radius 2 is 1.94 bits per heavy atom. The van der Waals surface area contributed by atoms with Gasteiger partial charge in [0.25, 0.3) is 0 Å². The van der Waals surface area contributed by atoms with Gasteiger partial charge in [0.15, 0.2) is 5.11 Å². The van der Waals surface area contributed by atoms with E-state index >= 15 is 0 Å². The molecule has 1 aromatic rings. The van der Waals surface area contributed by atoms with Crippen LogP contribution in [0, 0.1) is 0 Å². The lowest BCUT2D eigenvalue weighted by Gasteiger charge is -2.08. The third kappa shape index (κ3) is 4.95. The molecule has 0 aromatic heterocycles. The molecule has 92 valence electrons. The highest BCUT2D eigenvalue weighted by molar-refractivity contribution is 7.80. The molecule has 17 heavy (non-hydrogen) atoms. The van der Waals surface area contributed by atoms with Gasteiger partial charge in [0.2, 0.25) is 0 Å². The van der Waals surface area contributed by atoms with E-state index in [-0.39, 0.29) is 0 Å². The Balaban J connectivity index is 2.72. The second kappa shape index (κ2) is 7.79. The van der Waals surface area contributed by atoms with Crippen LogP contribution in [0.1, 0.15) is 32.3 Å². The van der Waals surface area contributed by atoms with Crippen LogP contribution in [0.15, 0.2) is 35.4 Å². The molecule has 0 aliphatic carbocycles. The number of nitrogens with zero attached hydrogens (tertiary/aromatic N) is 1. The average molecular weight is 249 g/mol. The van der Waals surface area contributed by atoms with Gasteiger partial charge in [-0.15, -0.1) is 0 Å². The molecule has 0 heterocycles. The van der Waals surface area contributed by atoms with E-state index in [0.717, 1.165) is 30.7 Å². The molecule has 0 atom stereocenters. The molecular weight excluding hydrogens is 230 g/mol. The summed E-state index contributed by atoms with van der Waals surface area (Å²) in [5, 5.41) is 7.94. The van der Waals surface area contributed by atoms with E-state index in [0.29, 0.717) is 5.11 Å². The van der Waals surface area contributed by atoms with Gasteiger partial charge < -0.3 is 5.32 Å². The summed E-state index contributed by atoms with van der Waals surface area (Å²) in [6.45, 7) is 4.94. The summed E-state index contributed by atoms with van der Waals surface area (Å²) >= 11 is 5.08. The second-order valence-corrected chi connectivity index (χ2v) is 4.05. The molecule has 0 amide bonds. The molecule has 1 rings (SSSR count). The van der Waals surface area contributed by atoms with Gasteiger partial charge in [-0.1, -0.05) is 43.7 Å². The first-order chi connectivity index (χ1) is 8.27. The van der Waals surface area contributed by atoms with Crippen LogP contribution in [-0.4, -0.2) is 17.4 Å². The van der Waals surface area contributed by atoms with E-state index in [1.54, 1.807) is 0 Å². The fourth-order valence-electron chi connectivity index (χ4n) is 1.45. The molecule has 0 unspecified atom stereocenters. The summed E-state index contributed by atoms with van der Waals surface area (Å²) in [4.78, 5) is 0. The molecule has 0 bridgehead atoms. The summed E-state index contributed by atoms with van der Waals surface area (Å²) in [5.41, 5.74) is 5.05. The van der Waals surface area contributed by atoms with E-state index in [1.807, 2.05) is 25.1 Å². The first-order valence-corrected chi connectivity index (χ1v) is 6.34. The molecule has 2 N–H and O–H groups in total. The van der Waals surface area contributed by atoms with Crippen molar-refractivity contribution < 1.29 is 0 Å². The zero-order valence-corrected chi connectivity index (χ0v) is 11.2. The second-order valence-electron chi connectivity index (χ2n) is 3.65. The average Bonchev–Trinajstić information content (AvgIpc) is 2.36. The quantitative estimate of drug-likeness (QED) is 0.478. The van der Waals surface area contributed by atoms with E-state index in [2.05, 4.69) is 34.9 Å². The maximum Gasteiger partial charge on any atom is 0.186 e. The summed E-state index contributed by atoms with van der Waals surface area (Å²) < 4.78 is 0. The van der Waals surface area contributed by atoms with Crippen LogP contribution < -0.4 is 10.7 Å². The minimum atomic E-state index is 0.567. The minimum Gasteiger partial charge on any atom is -0.362 e. The van der Waals surface area contributed by atoms with Gasteiger partial charge in [-0.2, -0.15) is 5.10 Å². The lowest BCUT2D eigenvalue weighted by Crippen LogP contribution is -2.32. The third-order valence-corrected chi connectivity index (χ3v) is 2.46. The number of thiocarbonyl (C=S) groups is 1. The van der Waals surface area contributed by atoms with Crippen LogP contribution in [0.2, 0.25) is 0 Å². The first kappa shape index (κ1) is 13.6. The van der Waals surface area contributed by atoms with Gasteiger partial charge in [0.05, 0.1) is 5.71 Å². The molecule has 0 radical (unpaired) electrons. The molecule has 0 spiro atoms. The van der Waals surface area contributed by atoms with E-state index in [4.69, 9.17) is 12.2 Å². The van der Waals surface area contributed by atoms with Crippen molar-refractivity contribution in [2.75, 3.05) is 6.54 Å². The van der Waals surface area contributed by atoms with Crippen molar-refractivity contribution in [1.29, 1.82) is 0 Å². The number of nitrogens with one attached hydrogen (secondary N) is 2. The highest BCUT2D eigenvalue weighted by Crippen LogP contribution is 2.05. The maximum atomic E-state index is 5.08. The van der Waals surface area contributed by atoms with Crippen LogP contribution in [-0.2, 0) is 0 Å². The number of hydrogen-bond acceptors (Lipinski definition) is 2. The summed E-state index contributed by atoms with van der Waals surface area (Å²) in [6.07, 6.45) is 2.00. The van der Waals surface area contributed by atoms with Crippen molar-refractivity contribution in [2.45, 2.75) is 26.7 Å². The molecule has 0 fully saturated rings. The predicted molar refractivity (Wildman–Crippen MR) is 77.3 cm³/mol. The molecular formula is C13H19N3S. The molecule has 1 aromatic carbocycles. The Labute approximate surface area is 108 Å². The first-order valence-electron chi connectivity index (χ1n) is 5.93. The van der Waals surface area contributed by atoms with Gasteiger partial charge in [-0.25, -0.2) is 0 Å². The Kier molecular flexibility index (Phi) is 6.25. The fraction of sp³-hybridized carbons (Fsp3) is 0.385. The van der Waals surface area contributed by atoms with Gasteiger partial charge >= 0.3 is 0 Å². The van der Waals surface area contributed by atoms with E-state index in [1.165, 1.54) is 0 Å². The number of hydrogen-bond donors (Lipinski definition) is 2. The molecule has 4 heteroatoms. The largest absolute Gasteiger partial charge is 0.362 e. The van der Waals surface area contributed by atoms with Crippen LogP contribution >= 0.6 is 12.2 Å². The van der Waals surface area contributed by atoms with Crippen molar-refractivity contribution in [1.82, 2.24) is 10.7 Å². The highest BCUT2D eigenvalue weighted by Gasteiger charge is 2.02. The highest BCUT2D eigenvalue weighted by atomic mass is 32.1. The Bertz CT molecular complexity index is 374. The van der Waals surface area contributed by atoms with Gasteiger partial charge in [-0.05, 0) is 31.1 Å². The lowest BCUT2D eigenvalue weighted by molar-refractivity contribution is 0.889. The topological polar surface area (TPSA) is 36.4 Å².